The van der Waals surface area contributed by atoms with Crippen molar-refractivity contribution in [3.05, 3.63) is 34.6 Å². The molecule has 0 amide bonds. The zero-order valence-corrected chi connectivity index (χ0v) is 25.1. The monoisotopic (exact) mass is 555 g/mol. The summed E-state index contributed by atoms with van der Waals surface area (Å²) in [5.41, 5.74) is 1.62. The number of para-hydroxylation sites is 2. The van der Waals surface area contributed by atoms with Gasteiger partial charge < -0.3 is 13.6 Å². The molecule has 1 aromatic carbocycles. The van der Waals surface area contributed by atoms with Gasteiger partial charge in [-0.05, 0) is 107 Å². The Balaban J connectivity index is 1.28. The average Bonchev–Trinajstić information content (AvgIpc) is 2.91. The van der Waals surface area contributed by atoms with Gasteiger partial charge in [-0.1, -0.05) is 32.4 Å². The van der Waals surface area contributed by atoms with Crippen molar-refractivity contribution in [2.24, 2.45) is 23.2 Å². The topological polar surface area (TPSA) is 73.7 Å². The molecule has 5 aliphatic rings. The third kappa shape index (κ3) is 4.75. The zero-order valence-electron chi connectivity index (χ0n) is 24.2. The molecule has 7 rings (SSSR count). The number of aromatic nitrogens is 2. The highest BCUT2D eigenvalue weighted by Gasteiger charge is 2.54. The number of rotatable bonds is 9. The fraction of sp³-hybridized carbons (Fsp3) is 0.742. The average molecular weight is 556 g/mol. The highest BCUT2D eigenvalue weighted by molar-refractivity contribution is 7.61. The minimum absolute atomic E-state index is 0.0495. The highest BCUT2D eigenvalue weighted by atomic mass is 31.2. The molecule has 4 bridgehead atoms. The Labute approximate surface area is 233 Å². The highest BCUT2D eigenvalue weighted by Crippen LogP contribution is 2.62. The van der Waals surface area contributed by atoms with Crippen molar-refractivity contribution in [2.75, 3.05) is 19.8 Å². The lowest BCUT2D eigenvalue weighted by atomic mass is 9.45. The van der Waals surface area contributed by atoms with Gasteiger partial charge in [-0.15, -0.1) is 0 Å². The fourth-order valence-electron chi connectivity index (χ4n) is 8.83. The number of fused-ring (bicyclic) bond motifs is 5. The van der Waals surface area contributed by atoms with Crippen LogP contribution in [0.4, 0.5) is 0 Å². The van der Waals surface area contributed by atoms with Gasteiger partial charge in [0, 0.05) is 18.1 Å². The lowest BCUT2D eigenvalue weighted by molar-refractivity contribution is -0.111. The van der Waals surface area contributed by atoms with E-state index in [4.69, 9.17) is 9.05 Å². The Bertz CT molecular complexity index is 1280. The molecule has 5 fully saturated rings. The molecule has 3 heterocycles. The van der Waals surface area contributed by atoms with Gasteiger partial charge in [0.15, 0.2) is 0 Å². The van der Waals surface area contributed by atoms with E-state index in [-0.39, 0.29) is 30.2 Å². The molecule has 8 heteroatoms. The fourth-order valence-corrected chi connectivity index (χ4v) is 10.4. The maximum absolute atomic E-state index is 14.1. The van der Waals surface area contributed by atoms with Crippen LogP contribution in [0.15, 0.2) is 29.1 Å². The van der Waals surface area contributed by atoms with Gasteiger partial charge in [0.05, 0.1) is 24.2 Å². The van der Waals surface area contributed by atoms with Crippen LogP contribution in [-0.4, -0.2) is 46.3 Å². The molecular weight excluding hydrogens is 509 g/mol. The van der Waals surface area contributed by atoms with Crippen molar-refractivity contribution >= 4 is 24.1 Å². The summed E-state index contributed by atoms with van der Waals surface area (Å²) < 4.78 is 26.8. The molecule has 2 aromatic rings. The molecule has 1 unspecified atom stereocenters. The Kier molecular flexibility index (Phi) is 7.58. The van der Waals surface area contributed by atoms with Gasteiger partial charge in [-0.2, -0.15) is 0 Å². The van der Waals surface area contributed by atoms with Crippen LogP contribution >= 0.6 is 7.60 Å². The van der Waals surface area contributed by atoms with Gasteiger partial charge in [-0.3, -0.25) is 14.3 Å². The van der Waals surface area contributed by atoms with Gasteiger partial charge in [0.25, 0.3) is 5.56 Å². The van der Waals surface area contributed by atoms with Crippen molar-refractivity contribution in [3.8, 4) is 0 Å². The summed E-state index contributed by atoms with van der Waals surface area (Å²) in [6, 6.07) is 8.75. The second-order valence-electron chi connectivity index (χ2n) is 13.0. The molecule has 214 valence electrons. The SMILES string of the molecule is CCOP(=O)(OCC)c1nc2ccccc2n(C2C[C@H]3CCC[C@@H](C2)N3CC[C@@H]2CC[C@H]3C[C@@H]2C3(C)C)c1=O. The van der Waals surface area contributed by atoms with E-state index in [0.29, 0.717) is 23.0 Å². The van der Waals surface area contributed by atoms with Crippen molar-refractivity contribution in [3.63, 3.8) is 0 Å². The molecule has 3 aliphatic carbocycles. The van der Waals surface area contributed by atoms with Gasteiger partial charge in [-0.25, -0.2) is 4.98 Å². The molecule has 1 aromatic heterocycles. The summed E-state index contributed by atoms with van der Waals surface area (Å²) in [5.74, 6) is 2.72. The molecule has 3 saturated carbocycles. The second-order valence-corrected chi connectivity index (χ2v) is 15.0. The van der Waals surface area contributed by atoms with Gasteiger partial charge >= 0.3 is 7.60 Å². The molecule has 2 saturated heterocycles. The van der Waals surface area contributed by atoms with E-state index in [0.717, 1.165) is 36.1 Å². The molecule has 2 aliphatic heterocycles. The minimum atomic E-state index is -3.82. The maximum atomic E-state index is 14.1. The summed E-state index contributed by atoms with van der Waals surface area (Å²) >= 11 is 0. The van der Waals surface area contributed by atoms with E-state index in [9.17, 15) is 9.36 Å². The standard InChI is InChI=1S/C31H46N3O4P/c1-5-37-39(36,38-6-2)29-30(35)34(28-13-8-7-12-27(28)32-29)25-19-23-10-9-11-24(20-25)33(23)17-16-21-14-15-22-18-26(21)31(22,3)4/h7-8,12-13,21-26H,5-6,9-11,14-20H2,1-4H3/t21-,22-,23-,24+,25?,26-/m0/s1. The van der Waals surface area contributed by atoms with E-state index in [2.05, 4.69) is 23.7 Å². The molecule has 39 heavy (non-hydrogen) atoms. The first-order valence-electron chi connectivity index (χ1n) is 15.4. The minimum Gasteiger partial charge on any atom is -0.304 e. The van der Waals surface area contributed by atoms with E-state index in [1.165, 1.54) is 51.5 Å². The first-order valence-corrected chi connectivity index (χ1v) is 17.0. The molecule has 6 atom stereocenters. The predicted molar refractivity (Wildman–Crippen MR) is 156 cm³/mol. The number of piperidine rings is 2. The smallest absolute Gasteiger partial charge is 0.304 e. The van der Waals surface area contributed by atoms with Crippen LogP contribution in [-0.2, 0) is 13.6 Å². The van der Waals surface area contributed by atoms with Crippen LogP contribution in [0.25, 0.3) is 11.0 Å². The summed E-state index contributed by atoms with van der Waals surface area (Å²) in [4.78, 5) is 21.4. The quantitative estimate of drug-likeness (QED) is 0.338. The van der Waals surface area contributed by atoms with Crippen LogP contribution in [0.3, 0.4) is 0 Å². The van der Waals surface area contributed by atoms with Crippen molar-refractivity contribution < 1.29 is 13.6 Å². The molecule has 0 N–H and O–H groups in total. The van der Waals surface area contributed by atoms with Gasteiger partial charge in [0.2, 0.25) is 5.44 Å². The number of benzene rings is 1. The maximum Gasteiger partial charge on any atom is 0.385 e. The first-order chi connectivity index (χ1) is 18.8. The van der Waals surface area contributed by atoms with Crippen LogP contribution in [0, 0.1) is 23.2 Å². The summed E-state index contributed by atoms with van der Waals surface area (Å²) in [6.07, 6.45) is 11.1. The Morgan fingerprint density at radius 2 is 1.67 bits per heavy atom. The largest absolute Gasteiger partial charge is 0.385 e. The third-order valence-corrected chi connectivity index (χ3v) is 12.9. The predicted octanol–water partition coefficient (Wildman–Crippen LogP) is 6.31. The normalized spacial score (nSPS) is 32.2. The molecule has 0 radical (unpaired) electrons. The van der Waals surface area contributed by atoms with Crippen LogP contribution in [0.5, 0.6) is 0 Å². The Hall–Kier alpha value is -1.53. The summed E-state index contributed by atoms with van der Waals surface area (Å²) in [7, 11) is -3.82. The first kappa shape index (κ1) is 27.6. The van der Waals surface area contributed by atoms with Crippen molar-refractivity contribution in [1.82, 2.24) is 14.5 Å². The van der Waals surface area contributed by atoms with Crippen LogP contribution in [0.1, 0.15) is 91.5 Å². The van der Waals surface area contributed by atoms with E-state index in [1.54, 1.807) is 13.8 Å². The number of hydrogen-bond donors (Lipinski definition) is 0. The Morgan fingerprint density at radius 3 is 2.31 bits per heavy atom. The molecule has 7 nitrogen and oxygen atoms in total. The summed E-state index contributed by atoms with van der Waals surface area (Å²) in [6.45, 7) is 10.1. The van der Waals surface area contributed by atoms with E-state index >= 15 is 0 Å². The molecule has 0 spiro atoms. The third-order valence-electron chi connectivity index (χ3n) is 10.9. The Morgan fingerprint density at radius 1 is 0.974 bits per heavy atom. The lowest BCUT2D eigenvalue weighted by Gasteiger charge is -2.60. The van der Waals surface area contributed by atoms with Crippen LogP contribution in [0.2, 0.25) is 0 Å². The van der Waals surface area contributed by atoms with E-state index < -0.39 is 7.60 Å². The van der Waals surface area contributed by atoms with Crippen molar-refractivity contribution in [2.45, 2.75) is 104 Å². The molecular formula is C31H46N3O4P. The second kappa shape index (κ2) is 10.7. The number of hydrogen-bond acceptors (Lipinski definition) is 6. The summed E-state index contributed by atoms with van der Waals surface area (Å²) in [5, 5.41) is 0. The zero-order chi connectivity index (χ0) is 27.4. The lowest BCUT2D eigenvalue weighted by Crippen LogP contribution is -2.56. The van der Waals surface area contributed by atoms with E-state index in [1.807, 2.05) is 28.8 Å². The van der Waals surface area contributed by atoms with Crippen LogP contribution < -0.4 is 11.0 Å². The van der Waals surface area contributed by atoms with Crippen molar-refractivity contribution in [1.29, 1.82) is 0 Å². The van der Waals surface area contributed by atoms with Gasteiger partial charge in [0.1, 0.15) is 0 Å². The number of nitrogens with zero attached hydrogens (tertiary/aromatic N) is 3.